The van der Waals surface area contributed by atoms with Crippen molar-refractivity contribution in [3.63, 3.8) is 0 Å². The summed E-state index contributed by atoms with van der Waals surface area (Å²) in [6, 6.07) is 7.54. The molecule has 4 nitrogen and oxygen atoms in total. The van der Waals surface area contributed by atoms with E-state index in [9.17, 15) is 0 Å². The molecule has 0 atom stereocenters. The van der Waals surface area contributed by atoms with Gasteiger partial charge >= 0.3 is 0 Å². The molecule has 0 radical (unpaired) electrons. The summed E-state index contributed by atoms with van der Waals surface area (Å²) < 4.78 is 1.89. The number of anilines is 1. The average Bonchev–Trinajstić information content (AvgIpc) is 2.80. The normalized spacial score (nSPS) is 10.5. The Hall–Kier alpha value is -1.30. The first kappa shape index (κ1) is 17.1. The van der Waals surface area contributed by atoms with Crippen molar-refractivity contribution >= 4 is 46.4 Å². The van der Waals surface area contributed by atoms with E-state index in [0.29, 0.717) is 21.7 Å². The summed E-state index contributed by atoms with van der Waals surface area (Å²) in [5.41, 5.74) is 2.07. The Balaban J connectivity index is 2.06. The summed E-state index contributed by atoms with van der Waals surface area (Å²) >= 11 is 17.2. The minimum atomic E-state index is 0.548. The third-order valence-corrected chi connectivity index (χ3v) is 4.06. The first-order chi connectivity index (χ1) is 10.5. The number of rotatable bonds is 5. The average molecular weight is 357 g/mol. The fourth-order valence-electron chi connectivity index (χ4n) is 1.94. The predicted molar refractivity (Wildman–Crippen MR) is 97.0 cm³/mol. The molecule has 7 heteroatoms. The molecule has 0 spiro atoms. The number of hydrogen-bond acceptors (Lipinski definition) is 2. The van der Waals surface area contributed by atoms with Crippen LogP contribution in [0.4, 0.5) is 5.82 Å². The lowest BCUT2D eigenvalue weighted by atomic mass is 10.2. The topological polar surface area (TPSA) is 41.9 Å². The predicted octanol–water partition coefficient (Wildman–Crippen LogP) is 4.24. The van der Waals surface area contributed by atoms with Crippen LogP contribution in [0.3, 0.4) is 0 Å². The summed E-state index contributed by atoms with van der Waals surface area (Å²) in [6.45, 7) is 5.55. The zero-order valence-corrected chi connectivity index (χ0v) is 14.8. The highest BCUT2D eigenvalue weighted by atomic mass is 35.5. The zero-order valence-electron chi connectivity index (χ0n) is 12.5. The van der Waals surface area contributed by atoms with Crippen LogP contribution < -0.4 is 10.6 Å². The molecule has 22 heavy (non-hydrogen) atoms. The Morgan fingerprint density at radius 3 is 2.73 bits per heavy atom. The van der Waals surface area contributed by atoms with Gasteiger partial charge < -0.3 is 10.6 Å². The first-order valence-corrected chi connectivity index (χ1v) is 8.19. The monoisotopic (exact) mass is 356 g/mol. The second-order valence-corrected chi connectivity index (χ2v) is 6.18. The first-order valence-electron chi connectivity index (χ1n) is 7.03. The Kier molecular flexibility index (Phi) is 6.06. The minimum absolute atomic E-state index is 0.548. The zero-order chi connectivity index (χ0) is 16.1. The molecule has 1 aromatic carbocycles. The highest BCUT2D eigenvalue weighted by Crippen LogP contribution is 2.23. The second-order valence-electron chi connectivity index (χ2n) is 4.96. The van der Waals surface area contributed by atoms with Gasteiger partial charge in [0.05, 0.1) is 16.6 Å². The highest BCUT2D eigenvalue weighted by molar-refractivity contribution is 7.80. The number of halogens is 2. The van der Waals surface area contributed by atoms with Gasteiger partial charge in [0.1, 0.15) is 0 Å². The molecule has 1 aromatic heterocycles. The van der Waals surface area contributed by atoms with Crippen LogP contribution in [0.5, 0.6) is 0 Å². The van der Waals surface area contributed by atoms with Gasteiger partial charge in [-0.15, -0.1) is 0 Å². The lowest BCUT2D eigenvalue weighted by molar-refractivity contribution is 0.668. The van der Waals surface area contributed by atoms with Crippen molar-refractivity contribution < 1.29 is 0 Å². The van der Waals surface area contributed by atoms with Crippen molar-refractivity contribution in [3.8, 4) is 0 Å². The Labute approximate surface area is 145 Å². The van der Waals surface area contributed by atoms with E-state index in [2.05, 4.69) is 22.7 Å². The van der Waals surface area contributed by atoms with Gasteiger partial charge in [0.15, 0.2) is 10.9 Å². The minimum Gasteiger partial charge on any atom is -0.362 e. The van der Waals surface area contributed by atoms with Crippen LogP contribution in [-0.2, 0) is 6.54 Å². The van der Waals surface area contributed by atoms with E-state index in [-0.39, 0.29) is 0 Å². The lowest BCUT2D eigenvalue weighted by Crippen LogP contribution is -2.29. The molecule has 0 fully saturated rings. The van der Waals surface area contributed by atoms with E-state index < -0.39 is 0 Å². The molecule has 0 bridgehead atoms. The Bertz CT molecular complexity index is 670. The maximum atomic E-state index is 6.04. The molecular formula is C15H18Cl2N4S. The quantitative estimate of drug-likeness (QED) is 0.786. The molecule has 1 heterocycles. The molecule has 2 N–H and O–H groups in total. The molecule has 0 aliphatic rings. The fraction of sp³-hybridized carbons (Fsp3) is 0.333. The lowest BCUT2D eigenvalue weighted by Gasteiger charge is -2.07. The summed E-state index contributed by atoms with van der Waals surface area (Å²) in [5.74, 6) is 0.728. The van der Waals surface area contributed by atoms with E-state index in [1.165, 1.54) is 0 Å². The van der Waals surface area contributed by atoms with Crippen molar-refractivity contribution in [2.24, 2.45) is 0 Å². The third kappa shape index (κ3) is 4.60. The van der Waals surface area contributed by atoms with Crippen LogP contribution in [0, 0.1) is 6.92 Å². The van der Waals surface area contributed by atoms with Crippen molar-refractivity contribution in [1.82, 2.24) is 15.1 Å². The smallest absolute Gasteiger partial charge is 0.171 e. The molecule has 0 amide bonds. The molecule has 2 aromatic rings. The van der Waals surface area contributed by atoms with Gasteiger partial charge in [-0.2, -0.15) is 5.10 Å². The van der Waals surface area contributed by atoms with Crippen LogP contribution in [0.1, 0.15) is 24.6 Å². The molecule has 0 unspecified atom stereocenters. The van der Waals surface area contributed by atoms with Crippen LogP contribution in [0.15, 0.2) is 24.3 Å². The number of nitrogens with zero attached hydrogens (tertiary/aromatic N) is 2. The van der Waals surface area contributed by atoms with Gasteiger partial charge in [-0.25, -0.2) is 0 Å². The van der Waals surface area contributed by atoms with E-state index in [0.717, 1.165) is 30.0 Å². The van der Waals surface area contributed by atoms with Gasteiger partial charge in [-0.1, -0.05) is 36.2 Å². The van der Waals surface area contributed by atoms with Gasteiger partial charge in [0.2, 0.25) is 0 Å². The molecule has 0 aliphatic heterocycles. The number of thiocarbonyl (C=S) groups is 1. The Morgan fingerprint density at radius 2 is 2.05 bits per heavy atom. The Morgan fingerprint density at radius 1 is 1.27 bits per heavy atom. The van der Waals surface area contributed by atoms with Gasteiger partial charge in [0.25, 0.3) is 0 Å². The fourth-order valence-corrected chi connectivity index (χ4v) is 2.47. The van der Waals surface area contributed by atoms with Crippen molar-refractivity contribution in [2.75, 3.05) is 11.9 Å². The third-order valence-electron chi connectivity index (χ3n) is 3.07. The number of nitrogens with one attached hydrogen (secondary N) is 2. The van der Waals surface area contributed by atoms with Crippen LogP contribution in [0.25, 0.3) is 0 Å². The van der Waals surface area contributed by atoms with Crippen molar-refractivity contribution in [2.45, 2.75) is 26.8 Å². The summed E-state index contributed by atoms with van der Waals surface area (Å²) in [4.78, 5) is 0. The maximum absolute atomic E-state index is 6.04. The molecule has 2 rings (SSSR count). The standard InChI is InChI=1S/C15H18Cl2N4S/c1-3-6-18-15(22)19-14-7-10(2)21(20-14)9-11-4-5-12(16)13(17)8-11/h4-5,7-8H,3,6,9H2,1-2H3,(H2,18,19,20,22). The number of aromatic nitrogens is 2. The summed E-state index contributed by atoms with van der Waals surface area (Å²) in [6.07, 6.45) is 1.02. The number of hydrogen-bond donors (Lipinski definition) is 2. The largest absolute Gasteiger partial charge is 0.362 e. The van der Waals surface area contributed by atoms with Crippen LogP contribution in [0.2, 0.25) is 10.0 Å². The van der Waals surface area contributed by atoms with Crippen LogP contribution >= 0.6 is 35.4 Å². The summed E-state index contributed by atoms with van der Waals surface area (Å²) in [7, 11) is 0. The highest BCUT2D eigenvalue weighted by Gasteiger charge is 2.07. The molecular weight excluding hydrogens is 339 g/mol. The number of aryl methyl sites for hydroxylation is 1. The van der Waals surface area contributed by atoms with Crippen molar-refractivity contribution in [3.05, 3.63) is 45.6 Å². The molecule has 0 saturated heterocycles. The van der Waals surface area contributed by atoms with Gasteiger partial charge in [-0.3, -0.25) is 4.68 Å². The van der Waals surface area contributed by atoms with E-state index in [4.69, 9.17) is 35.4 Å². The second kappa shape index (κ2) is 7.81. The molecule has 118 valence electrons. The van der Waals surface area contributed by atoms with Crippen molar-refractivity contribution in [1.29, 1.82) is 0 Å². The van der Waals surface area contributed by atoms with E-state index in [1.807, 2.05) is 29.8 Å². The maximum Gasteiger partial charge on any atom is 0.171 e. The van der Waals surface area contributed by atoms with Crippen LogP contribution in [-0.4, -0.2) is 21.4 Å². The van der Waals surface area contributed by atoms with Gasteiger partial charge in [-0.05, 0) is 43.3 Å². The molecule has 0 saturated carbocycles. The van der Waals surface area contributed by atoms with E-state index >= 15 is 0 Å². The van der Waals surface area contributed by atoms with E-state index in [1.54, 1.807) is 6.07 Å². The number of benzene rings is 1. The summed E-state index contributed by atoms with van der Waals surface area (Å²) in [5, 5.41) is 12.4. The SMILES string of the molecule is CCCNC(=S)Nc1cc(C)n(Cc2ccc(Cl)c(Cl)c2)n1. The molecule has 0 aliphatic carbocycles. The van der Waals surface area contributed by atoms with Gasteiger partial charge in [0, 0.05) is 18.3 Å².